The first-order chi connectivity index (χ1) is 8.93. The molecule has 0 unspecified atom stereocenters. The Morgan fingerprint density at radius 3 is 2.89 bits per heavy atom. The molecule has 1 fully saturated rings. The van der Waals surface area contributed by atoms with Crippen molar-refractivity contribution in [3.05, 3.63) is 23.8 Å². The molecular weight excluding hydrogens is 228 g/mol. The Labute approximate surface area is 108 Å². The fourth-order valence-corrected chi connectivity index (χ4v) is 2.55. The van der Waals surface area contributed by atoms with Crippen LogP contribution in [0.1, 0.15) is 18.4 Å². The average molecular weight is 248 g/mol. The predicted octanol–water partition coefficient (Wildman–Crippen LogP) is 1.30. The van der Waals surface area contributed by atoms with Crippen molar-refractivity contribution in [1.82, 2.24) is 10.6 Å². The van der Waals surface area contributed by atoms with Crippen LogP contribution in [0.15, 0.2) is 18.2 Å². The minimum atomic E-state index is 0.617. The summed E-state index contributed by atoms with van der Waals surface area (Å²) in [7, 11) is 0. The number of benzene rings is 1. The summed E-state index contributed by atoms with van der Waals surface area (Å²) in [6, 6.07) is 6.74. The topological polar surface area (TPSA) is 42.5 Å². The lowest BCUT2D eigenvalue weighted by Crippen LogP contribution is -2.39. The molecule has 4 nitrogen and oxygen atoms in total. The van der Waals surface area contributed by atoms with Gasteiger partial charge in [0.15, 0.2) is 11.5 Å². The van der Waals surface area contributed by atoms with Crippen molar-refractivity contribution >= 4 is 0 Å². The van der Waals surface area contributed by atoms with Crippen LogP contribution < -0.4 is 20.1 Å². The van der Waals surface area contributed by atoms with E-state index in [1.54, 1.807) is 0 Å². The molecule has 0 aromatic heterocycles. The third-order valence-electron chi connectivity index (χ3n) is 3.57. The lowest BCUT2D eigenvalue weighted by molar-refractivity contribution is 0.169. The van der Waals surface area contributed by atoms with Crippen LogP contribution in [0.3, 0.4) is 0 Å². The van der Waals surface area contributed by atoms with Crippen molar-refractivity contribution in [2.45, 2.75) is 25.4 Å². The smallest absolute Gasteiger partial charge is 0.165 e. The number of piperidine rings is 1. The molecule has 1 aromatic rings. The molecule has 18 heavy (non-hydrogen) atoms. The van der Waals surface area contributed by atoms with Gasteiger partial charge in [-0.15, -0.1) is 0 Å². The maximum absolute atomic E-state index is 5.72. The number of nitrogens with one attached hydrogen (secondary N) is 2. The van der Waals surface area contributed by atoms with E-state index in [-0.39, 0.29) is 0 Å². The standard InChI is InChI=1S/C14H20N2O2/c1-2-11(10-16-12-4-6-15-7-5-12)14-13(3-1)17-8-9-18-14/h1-3,12,15-16H,4-10H2. The summed E-state index contributed by atoms with van der Waals surface area (Å²) in [5.74, 6) is 1.80. The van der Waals surface area contributed by atoms with E-state index in [2.05, 4.69) is 16.7 Å². The largest absolute Gasteiger partial charge is 0.486 e. The van der Waals surface area contributed by atoms with E-state index < -0.39 is 0 Å². The second-order valence-corrected chi connectivity index (χ2v) is 4.85. The van der Waals surface area contributed by atoms with Crippen LogP contribution in [0.5, 0.6) is 11.5 Å². The molecule has 2 aliphatic rings. The molecule has 1 aromatic carbocycles. The van der Waals surface area contributed by atoms with Gasteiger partial charge in [-0.2, -0.15) is 0 Å². The number of para-hydroxylation sites is 1. The van der Waals surface area contributed by atoms with Crippen molar-refractivity contribution in [3.63, 3.8) is 0 Å². The monoisotopic (exact) mass is 248 g/mol. The second kappa shape index (κ2) is 5.59. The summed E-state index contributed by atoms with van der Waals surface area (Å²) in [4.78, 5) is 0. The zero-order valence-electron chi connectivity index (χ0n) is 10.6. The minimum Gasteiger partial charge on any atom is -0.486 e. The highest BCUT2D eigenvalue weighted by atomic mass is 16.6. The first-order valence-corrected chi connectivity index (χ1v) is 6.75. The van der Waals surface area contributed by atoms with E-state index >= 15 is 0 Å². The highest BCUT2D eigenvalue weighted by Gasteiger charge is 2.17. The molecular formula is C14H20N2O2. The highest BCUT2D eigenvalue weighted by Crippen LogP contribution is 2.33. The van der Waals surface area contributed by atoms with Gasteiger partial charge in [0.05, 0.1) is 0 Å². The number of hydrogen-bond acceptors (Lipinski definition) is 4. The van der Waals surface area contributed by atoms with Gasteiger partial charge in [-0.05, 0) is 32.0 Å². The third kappa shape index (κ3) is 2.60. The maximum atomic E-state index is 5.72. The van der Waals surface area contributed by atoms with E-state index in [1.807, 2.05) is 12.1 Å². The molecule has 1 saturated heterocycles. The molecule has 2 aliphatic heterocycles. The Kier molecular flexibility index (Phi) is 3.67. The molecule has 0 bridgehead atoms. The van der Waals surface area contributed by atoms with Gasteiger partial charge in [0.1, 0.15) is 13.2 Å². The quantitative estimate of drug-likeness (QED) is 0.846. The molecule has 2 N–H and O–H groups in total. The van der Waals surface area contributed by atoms with Crippen LogP contribution in [0.4, 0.5) is 0 Å². The Balaban J connectivity index is 1.65. The SMILES string of the molecule is c1cc(CNC2CCNCC2)c2c(c1)OCCO2. The average Bonchev–Trinajstić information content (AvgIpc) is 2.46. The zero-order chi connectivity index (χ0) is 12.2. The van der Waals surface area contributed by atoms with Crippen molar-refractivity contribution in [3.8, 4) is 11.5 Å². The Morgan fingerprint density at radius 1 is 1.17 bits per heavy atom. The molecule has 98 valence electrons. The van der Waals surface area contributed by atoms with Crippen molar-refractivity contribution < 1.29 is 9.47 Å². The zero-order valence-corrected chi connectivity index (χ0v) is 10.6. The second-order valence-electron chi connectivity index (χ2n) is 4.85. The normalized spacial score (nSPS) is 19.8. The van der Waals surface area contributed by atoms with Gasteiger partial charge in [-0.1, -0.05) is 12.1 Å². The number of rotatable bonds is 3. The van der Waals surface area contributed by atoms with Gasteiger partial charge < -0.3 is 20.1 Å². The summed E-state index contributed by atoms with van der Waals surface area (Å²) in [6.07, 6.45) is 2.40. The molecule has 0 atom stereocenters. The van der Waals surface area contributed by atoms with Gasteiger partial charge in [-0.25, -0.2) is 0 Å². The maximum Gasteiger partial charge on any atom is 0.165 e. The van der Waals surface area contributed by atoms with E-state index in [0.29, 0.717) is 19.3 Å². The van der Waals surface area contributed by atoms with Gasteiger partial charge in [0.25, 0.3) is 0 Å². The predicted molar refractivity (Wildman–Crippen MR) is 70.2 cm³/mol. The fourth-order valence-electron chi connectivity index (χ4n) is 2.55. The van der Waals surface area contributed by atoms with Gasteiger partial charge >= 0.3 is 0 Å². The summed E-state index contributed by atoms with van der Waals surface area (Å²) < 4.78 is 11.3. The van der Waals surface area contributed by atoms with E-state index in [9.17, 15) is 0 Å². The van der Waals surface area contributed by atoms with Crippen LogP contribution in [0.25, 0.3) is 0 Å². The molecule has 0 radical (unpaired) electrons. The van der Waals surface area contributed by atoms with E-state index in [1.165, 1.54) is 18.4 Å². The van der Waals surface area contributed by atoms with Crippen LogP contribution in [-0.2, 0) is 6.54 Å². The first-order valence-electron chi connectivity index (χ1n) is 6.75. The molecule has 0 aliphatic carbocycles. The Bertz CT molecular complexity index is 403. The van der Waals surface area contributed by atoms with Crippen LogP contribution in [0.2, 0.25) is 0 Å². The molecule has 2 heterocycles. The molecule has 0 spiro atoms. The lowest BCUT2D eigenvalue weighted by Gasteiger charge is -2.25. The summed E-state index contributed by atoms with van der Waals surface area (Å²) >= 11 is 0. The molecule has 3 rings (SSSR count). The first kappa shape index (κ1) is 11.8. The minimum absolute atomic E-state index is 0.617. The van der Waals surface area contributed by atoms with Crippen molar-refractivity contribution in [2.24, 2.45) is 0 Å². The molecule has 4 heteroatoms. The molecule has 0 saturated carbocycles. The number of ether oxygens (including phenoxy) is 2. The Morgan fingerprint density at radius 2 is 2.00 bits per heavy atom. The fraction of sp³-hybridized carbons (Fsp3) is 0.571. The van der Waals surface area contributed by atoms with Crippen molar-refractivity contribution in [1.29, 1.82) is 0 Å². The summed E-state index contributed by atoms with van der Waals surface area (Å²) in [5, 5.41) is 6.99. The summed E-state index contributed by atoms with van der Waals surface area (Å²) in [5.41, 5.74) is 1.20. The Hall–Kier alpha value is -1.26. The van der Waals surface area contributed by atoms with Crippen LogP contribution in [0, 0.1) is 0 Å². The number of hydrogen-bond donors (Lipinski definition) is 2. The lowest BCUT2D eigenvalue weighted by atomic mass is 10.1. The van der Waals surface area contributed by atoms with Crippen molar-refractivity contribution in [2.75, 3.05) is 26.3 Å². The van der Waals surface area contributed by atoms with Crippen LogP contribution in [-0.4, -0.2) is 32.3 Å². The van der Waals surface area contributed by atoms with E-state index in [0.717, 1.165) is 31.1 Å². The van der Waals surface area contributed by atoms with E-state index in [4.69, 9.17) is 9.47 Å². The van der Waals surface area contributed by atoms with Gasteiger partial charge in [0.2, 0.25) is 0 Å². The van der Waals surface area contributed by atoms with Crippen LogP contribution >= 0.6 is 0 Å². The summed E-state index contributed by atoms with van der Waals surface area (Å²) in [6.45, 7) is 4.39. The highest BCUT2D eigenvalue weighted by molar-refractivity contribution is 5.47. The third-order valence-corrected chi connectivity index (χ3v) is 3.57. The van der Waals surface area contributed by atoms with Gasteiger partial charge in [0, 0.05) is 18.2 Å². The molecule has 0 amide bonds. The van der Waals surface area contributed by atoms with Gasteiger partial charge in [-0.3, -0.25) is 0 Å². The number of fused-ring (bicyclic) bond motifs is 1.